The van der Waals surface area contributed by atoms with Crippen LogP contribution in [0.15, 0.2) is 30.3 Å². The van der Waals surface area contributed by atoms with Gasteiger partial charge in [-0.3, -0.25) is 15.1 Å². The molecule has 0 radical (unpaired) electrons. The normalized spacial score (nSPS) is 15.6. The Bertz CT molecular complexity index is 846. The molecular formula is C21H26N4O6. The standard InChI is InChI=1S/C21H26N4O6/c1-3-4-9-30-21(28)24-18(20(27)29-2)13-23-19(26)11-16-10-17(25-31-16)15-7-5-14(12-22)6-8-15/h5-8,10,16,18,25H,3-4,9,11,13H2,1-2H3,(H,23,26)(H,24,28)/t16-,18?/m0/s1. The van der Waals surface area contributed by atoms with Gasteiger partial charge in [-0.1, -0.05) is 25.5 Å². The predicted octanol–water partition coefficient (Wildman–Crippen LogP) is 1.38. The van der Waals surface area contributed by atoms with Gasteiger partial charge < -0.3 is 20.1 Å². The number of amides is 2. The summed E-state index contributed by atoms with van der Waals surface area (Å²) in [5, 5.41) is 13.8. The van der Waals surface area contributed by atoms with E-state index in [0.29, 0.717) is 17.7 Å². The van der Waals surface area contributed by atoms with Gasteiger partial charge >= 0.3 is 12.1 Å². The zero-order valence-corrected chi connectivity index (χ0v) is 17.5. The van der Waals surface area contributed by atoms with Crippen molar-refractivity contribution in [2.45, 2.75) is 38.3 Å². The number of nitrogens with zero attached hydrogens (tertiary/aromatic N) is 1. The molecular weight excluding hydrogens is 404 g/mol. The molecule has 1 aliphatic rings. The Hall–Kier alpha value is -3.58. The van der Waals surface area contributed by atoms with Gasteiger partial charge in [0, 0.05) is 6.54 Å². The maximum atomic E-state index is 12.3. The van der Waals surface area contributed by atoms with Crippen LogP contribution in [-0.4, -0.2) is 50.4 Å². The summed E-state index contributed by atoms with van der Waals surface area (Å²) in [6, 6.07) is 7.89. The molecule has 1 heterocycles. The zero-order valence-electron chi connectivity index (χ0n) is 17.5. The Morgan fingerprint density at radius 3 is 2.68 bits per heavy atom. The average Bonchev–Trinajstić information content (AvgIpc) is 3.24. The van der Waals surface area contributed by atoms with Crippen molar-refractivity contribution in [1.29, 1.82) is 5.26 Å². The fourth-order valence-electron chi connectivity index (χ4n) is 2.67. The largest absolute Gasteiger partial charge is 0.467 e. The Morgan fingerprint density at radius 1 is 1.29 bits per heavy atom. The summed E-state index contributed by atoms with van der Waals surface area (Å²) in [5.74, 6) is -1.08. The highest BCUT2D eigenvalue weighted by atomic mass is 16.7. The number of ether oxygens (including phenoxy) is 2. The highest BCUT2D eigenvalue weighted by molar-refractivity contribution is 5.83. The molecule has 0 fully saturated rings. The van der Waals surface area contributed by atoms with Gasteiger partial charge in [0.25, 0.3) is 0 Å². The Balaban J connectivity index is 1.84. The summed E-state index contributed by atoms with van der Waals surface area (Å²) in [5.41, 5.74) is 4.81. The van der Waals surface area contributed by atoms with Crippen molar-refractivity contribution in [3.8, 4) is 6.07 Å². The summed E-state index contributed by atoms with van der Waals surface area (Å²) in [4.78, 5) is 41.3. The number of hydroxylamine groups is 1. The third kappa shape index (κ3) is 7.64. The first-order valence-corrected chi connectivity index (χ1v) is 9.88. The molecule has 1 unspecified atom stereocenters. The van der Waals surface area contributed by atoms with Gasteiger partial charge in [-0.05, 0) is 30.2 Å². The van der Waals surface area contributed by atoms with Crippen LogP contribution in [-0.2, 0) is 23.9 Å². The second kappa shape index (κ2) is 12.2. The van der Waals surface area contributed by atoms with Crippen LogP contribution in [0.3, 0.4) is 0 Å². The Kier molecular flexibility index (Phi) is 9.32. The summed E-state index contributed by atoms with van der Waals surface area (Å²) in [7, 11) is 1.19. The fraction of sp³-hybridized carbons (Fsp3) is 0.429. The van der Waals surface area contributed by atoms with Crippen molar-refractivity contribution < 1.29 is 28.7 Å². The number of nitriles is 1. The van der Waals surface area contributed by atoms with Crippen molar-refractivity contribution >= 4 is 23.7 Å². The number of nitrogens with one attached hydrogen (secondary N) is 3. The van der Waals surface area contributed by atoms with E-state index in [-0.39, 0.29) is 25.5 Å². The molecule has 0 aromatic heterocycles. The maximum absolute atomic E-state index is 12.3. The van der Waals surface area contributed by atoms with Gasteiger partial charge in [0.2, 0.25) is 5.91 Å². The summed E-state index contributed by atoms with van der Waals surface area (Å²) in [6.45, 7) is 2.05. The van der Waals surface area contributed by atoms with Gasteiger partial charge in [-0.25, -0.2) is 9.59 Å². The molecule has 0 saturated heterocycles. The first kappa shape index (κ1) is 23.7. The molecule has 2 rings (SSSR count). The molecule has 0 spiro atoms. The molecule has 2 atom stereocenters. The quantitative estimate of drug-likeness (QED) is 0.374. The number of carbonyl (C=O) groups is 3. The predicted molar refractivity (Wildman–Crippen MR) is 110 cm³/mol. The lowest BCUT2D eigenvalue weighted by Crippen LogP contribution is -2.49. The third-order valence-electron chi connectivity index (χ3n) is 4.40. The van der Waals surface area contributed by atoms with Crippen molar-refractivity contribution in [1.82, 2.24) is 16.1 Å². The minimum atomic E-state index is -1.07. The van der Waals surface area contributed by atoms with E-state index in [9.17, 15) is 14.4 Å². The number of alkyl carbamates (subject to hydrolysis) is 1. The van der Waals surface area contributed by atoms with Crippen LogP contribution in [0.1, 0.15) is 37.3 Å². The highest BCUT2D eigenvalue weighted by Gasteiger charge is 2.25. The molecule has 10 nitrogen and oxygen atoms in total. The van der Waals surface area contributed by atoms with Crippen molar-refractivity contribution in [3.63, 3.8) is 0 Å². The number of hydrogen-bond acceptors (Lipinski definition) is 8. The van der Waals surface area contributed by atoms with Crippen LogP contribution in [0.4, 0.5) is 4.79 Å². The Labute approximate surface area is 180 Å². The molecule has 166 valence electrons. The van der Waals surface area contributed by atoms with Crippen LogP contribution in [0, 0.1) is 11.3 Å². The van der Waals surface area contributed by atoms with Crippen LogP contribution in [0.2, 0.25) is 0 Å². The molecule has 10 heteroatoms. The van der Waals surface area contributed by atoms with Gasteiger partial charge in [-0.15, -0.1) is 0 Å². The smallest absolute Gasteiger partial charge is 0.407 e. The van der Waals surface area contributed by atoms with E-state index in [2.05, 4.69) is 20.9 Å². The van der Waals surface area contributed by atoms with Crippen LogP contribution >= 0.6 is 0 Å². The number of esters is 1. The average molecular weight is 430 g/mol. The SMILES string of the molecule is CCCCOC(=O)NC(CNC(=O)C[C@@H]1C=C(c2ccc(C#N)cc2)NO1)C(=O)OC. The minimum Gasteiger partial charge on any atom is -0.467 e. The van der Waals surface area contributed by atoms with E-state index in [4.69, 9.17) is 14.8 Å². The van der Waals surface area contributed by atoms with Crippen LogP contribution in [0.25, 0.3) is 5.70 Å². The summed E-state index contributed by atoms with van der Waals surface area (Å²) < 4.78 is 9.63. The number of benzene rings is 1. The van der Waals surface area contributed by atoms with Crippen LogP contribution < -0.4 is 16.1 Å². The number of unbranched alkanes of at least 4 members (excludes halogenated alkanes) is 1. The number of methoxy groups -OCH3 is 1. The third-order valence-corrected chi connectivity index (χ3v) is 4.40. The lowest BCUT2D eigenvalue weighted by Gasteiger charge is -2.17. The number of rotatable bonds is 10. The maximum Gasteiger partial charge on any atom is 0.407 e. The lowest BCUT2D eigenvalue weighted by atomic mass is 10.1. The van der Waals surface area contributed by atoms with Gasteiger partial charge in [0.05, 0.1) is 37.5 Å². The van der Waals surface area contributed by atoms with Gasteiger partial charge in [0.15, 0.2) is 0 Å². The van der Waals surface area contributed by atoms with Crippen LogP contribution in [0.5, 0.6) is 0 Å². The van der Waals surface area contributed by atoms with Crippen molar-refractivity contribution in [2.75, 3.05) is 20.3 Å². The topological polar surface area (TPSA) is 139 Å². The fourth-order valence-corrected chi connectivity index (χ4v) is 2.67. The number of carbonyl (C=O) groups excluding carboxylic acids is 3. The van der Waals surface area contributed by atoms with Crippen molar-refractivity contribution in [2.24, 2.45) is 0 Å². The molecule has 1 aliphatic heterocycles. The first-order chi connectivity index (χ1) is 15.0. The number of hydrogen-bond donors (Lipinski definition) is 3. The Morgan fingerprint density at radius 2 is 2.03 bits per heavy atom. The first-order valence-electron chi connectivity index (χ1n) is 9.88. The second-order valence-corrected chi connectivity index (χ2v) is 6.75. The molecule has 31 heavy (non-hydrogen) atoms. The second-order valence-electron chi connectivity index (χ2n) is 6.75. The van der Waals surface area contributed by atoms with E-state index < -0.39 is 24.2 Å². The van der Waals surface area contributed by atoms with E-state index in [1.54, 1.807) is 30.3 Å². The van der Waals surface area contributed by atoms with E-state index >= 15 is 0 Å². The molecule has 1 aromatic carbocycles. The van der Waals surface area contributed by atoms with E-state index in [0.717, 1.165) is 12.0 Å². The monoisotopic (exact) mass is 430 g/mol. The molecule has 0 bridgehead atoms. The van der Waals surface area contributed by atoms with Gasteiger partial charge in [-0.2, -0.15) is 5.26 Å². The summed E-state index contributed by atoms with van der Waals surface area (Å²) >= 11 is 0. The molecule has 3 N–H and O–H groups in total. The van der Waals surface area contributed by atoms with E-state index in [1.807, 2.05) is 13.0 Å². The lowest BCUT2D eigenvalue weighted by molar-refractivity contribution is -0.143. The highest BCUT2D eigenvalue weighted by Crippen LogP contribution is 2.20. The zero-order chi connectivity index (χ0) is 22.6. The minimum absolute atomic E-state index is 0.00161. The van der Waals surface area contributed by atoms with E-state index in [1.165, 1.54) is 7.11 Å². The van der Waals surface area contributed by atoms with Crippen molar-refractivity contribution in [3.05, 3.63) is 41.5 Å². The molecule has 1 aromatic rings. The van der Waals surface area contributed by atoms with Gasteiger partial charge in [0.1, 0.15) is 12.1 Å². The summed E-state index contributed by atoms with van der Waals surface area (Å²) in [6.07, 6.45) is 2.05. The molecule has 0 aliphatic carbocycles. The molecule has 0 saturated carbocycles. The molecule has 2 amide bonds.